The molecule has 1 rings (SSSR count). The van der Waals surface area contributed by atoms with E-state index in [1.54, 1.807) is 11.3 Å². The van der Waals surface area contributed by atoms with Crippen molar-refractivity contribution in [2.45, 2.75) is 52.3 Å². The molecular weight excluding hydrogens is 226 g/mol. The third-order valence-corrected chi connectivity index (χ3v) is 4.35. The molecule has 1 heterocycles. The first-order valence-electron chi connectivity index (χ1n) is 5.44. The molecule has 0 aliphatic rings. The topological polar surface area (TPSA) is 12.9 Å². The highest BCUT2D eigenvalue weighted by molar-refractivity contribution is 7.09. The molecule has 0 bridgehead atoms. The summed E-state index contributed by atoms with van der Waals surface area (Å²) in [4.78, 5) is 4.45. The predicted octanol–water partition coefficient (Wildman–Crippen LogP) is 4.43. The molecule has 15 heavy (non-hydrogen) atoms. The number of nitrogens with zero attached hydrogens (tertiary/aromatic N) is 1. The summed E-state index contributed by atoms with van der Waals surface area (Å²) >= 11 is 8.07. The van der Waals surface area contributed by atoms with E-state index in [4.69, 9.17) is 11.6 Å². The zero-order chi connectivity index (χ0) is 11.5. The molecule has 0 N–H and O–H groups in total. The quantitative estimate of drug-likeness (QED) is 0.716. The fourth-order valence-electron chi connectivity index (χ4n) is 1.38. The van der Waals surface area contributed by atoms with Gasteiger partial charge in [-0.1, -0.05) is 20.8 Å². The number of alkyl halides is 1. The molecule has 0 amide bonds. The van der Waals surface area contributed by atoms with Gasteiger partial charge in [0.05, 0.1) is 5.01 Å². The van der Waals surface area contributed by atoms with Gasteiger partial charge in [-0.25, -0.2) is 4.98 Å². The van der Waals surface area contributed by atoms with E-state index in [2.05, 4.69) is 31.1 Å². The Balaban J connectivity index is 2.28. The smallest absolute Gasteiger partial charge is 0.0928 e. The van der Waals surface area contributed by atoms with Crippen LogP contribution in [0.1, 0.15) is 44.3 Å². The molecule has 1 atom stereocenters. The van der Waals surface area contributed by atoms with Crippen molar-refractivity contribution in [3.63, 3.8) is 0 Å². The van der Waals surface area contributed by atoms with Crippen molar-refractivity contribution in [3.05, 3.63) is 16.1 Å². The van der Waals surface area contributed by atoms with Crippen LogP contribution in [0.15, 0.2) is 5.38 Å². The van der Waals surface area contributed by atoms with Crippen molar-refractivity contribution < 1.29 is 0 Å². The number of aromatic nitrogens is 1. The van der Waals surface area contributed by atoms with Crippen LogP contribution in [0.5, 0.6) is 0 Å². The number of rotatable bonds is 4. The zero-order valence-corrected chi connectivity index (χ0v) is 11.6. The summed E-state index contributed by atoms with van der Waals surface area (Å²) in [5.74, 6) is 0. The fraction of sp³-hybridized carbons (Fsp3) is 0.750. The van der Waals surface area contributed by atoms with Gasteiger partial charge < -0.3 is 0 Å². The summed E-state index contributed by atoms with van der Waals surface area (Å²) in [6.07, 6.45) is 3.28. The maximum atomic E-state index is 6.31. The molecular formula is C12H20ClNS. The van der Waals surface area contributed by atoms with Crippen LogP contribution >= 0.6 is 22.9 Å². The maximum absolute atomic E-state index is 6.31. The molecule has 0 aliphatic carbocycles. The molecule has 1 aromatic rings. The minimum absolute atomic E-state index is 0.209. The SMILES string of the molecule is Cc1csc(CCCC(Cl)C(C)(C)C)n1. The van der Waals surface area contributed by atoms with E-state index in [1.165, 1.54) is 5.01 Å². The highest BCUT2D eigenvalue weighted by Crippen LogP contribution is 2.28. The van der Waals surface area contributed by atoms with Gasteiger partial charge in [0.15, 0.2) is 0 Å². The second-order valence-electron chi connectivity index (χ2n) is 5.11. The van der Waals surface area contributed by atoms with Crippen molar-refractivity contribution in [1.29, 1.82) is 0 Å². The third kappa shape index (κ3) is 4.52. The summed E-state index contributed by atoms with van der Waals surface area (Å²) in [6, 6.07) is 0. The van der Waals surface area contributed by atoms with E-state index >= 15 is 0 Å². The average Bonchev–Trinajstić information content (AvgIpc) is 2.49. The van der Waals surface area contributed by atoms with E-state index in [0.29, 0.717) is 0 Å². The van der Waals surface area contributed by atoms with E-state index < -0.39 is 0 Å². The molecule has 0 saturated heterocycles. The number of halogens is 1. The largest absolute Gasteiger partial charge is 0.247 e. The van der Waals surface area contributed by atoms with Crippen LogP contribution in [0.4, 0.5) is 0 Å². The Morgan fingerprint density at radius 1 is 1.47 bits per heavy atom. The van der Waals surface area contributed by atoms with Gasteiger partial charge in [-0.15, -0.1) is 22.9 Å². The molecule has 0 fully saturated rings. The Hall–Kier alpha value is -0.0800. The first-order chi connectivity index (χ1) is 6.89. The molecule has 0 spiro atoms. The average molecular weight is 246 g/mol. The van der Waals surface area contributed by atoms with Crippen LogP contribution in [-0.4, -0.2) is 10.4 Å². The Bertz CT molecular complexity index is 301. The standard InChI is InChI=1S/C12H20ClNS/c1-9-8-15-11(14-9)7-5-6-10(13)12(2,3)4/h8,10H,5-7H2,1-4H3. The second-order valence-corrected chi connectivity index (χ2v) is 6.58. The van der Waals surface area contributed by atoms with Crippen LogP contribution in [-0.2, 0) is 6.42 Å². The van der Waals surface area contributed by atoms with E-state index in [-0.39, 0.29) is 10.8 Å². The monoisotopic (exact) mass is 245 g/mol. The van der Waals surface area contributed by atoms with Crippen molar-refractivity contribution >= 4 is 22.9 Å². The summed E-state index contributed by atoms with van der Waals surface area (Å²) in [5, 5.41) is 3.61. The van der Waals surface area contributed by atoms with Crippen LogP contribution < -0.4 is 0 Å². The van der Waals surface area contributed by atoms with E-state index in [1.807, 2.05) is 6.92 Å². The summed E-state index contributed by atoms with van der Waals surface area (Å²) < 4.78 is 0. The summed E-state index contributed by atoms with van der Waals surface area (Å²) in [6.45, 7) is 8.62. The van der Waals surface area contributed by atoms with Gasteiger partial charge in [-0.2, -0.15) is 0 Å². The summed E-state index contributed by atoms with van der Waals surface area (Å²) in [5.41, 5.74) is 1.34. The lowest BCUT2D eigenvalue weighted by molar-refractivity contribution is 0.369. The van der Waals surface area contributed by atoms with Crippen molar-refractivity contribution in [2.75, 3.05) is 0 Å². The van der Waals surface area contributed by atoms with Gasteiger partial charge >= 0.3 is 0 Å². The van der Waals surface area contributed by atoms with Crippen LogP contribution in [0.3, 0.4) is 0 Å². The highest BCUT2D eigenvalue weighted by Gasteiger charge is 2.21. The molecule has 0 radical (unpaired) electrons. The number of thiazole rings is 1. The maximum Gasteiger partial charge on any atom is 0.0928 e. The van der Waals surface area contributed by atoms with Gasteiger partial charge in [-0.05, 0) is 31.6 Å². The van der Waals surface area contributed by atoms with Crippen LogP contribution in [0.2, 0.25) is 0 Å². The molecule has 3 heteroatoms. The minimum atomic E-state index is 0.209. The van der Waals surface area contributed by atoms with Crippen molar-refractivity contribution in [1.82, 2.24) is 4.98 Å². The van der Waals surface area contributed by atoms with E-state index in [0.717, 1.165) is 25.0 Å². The molecule has 0 aromatic carbocycles. The number of aryl methyl sites for hydroxylation is 2. The Morgan fingerprint density at radius 3 is 2.60 bits per heavy atom. The third-order valence-electron chi connectivity index (χ3n) is 2.45. The summed E-state index contributed by atoms with van der Waals surface area (Å²) in [7, 11) is 0. The van der Waals surface area contributed by atoms with E-state index in [9.17, 15) is 0 Å². The van der Waals surface area contributed by atoms with Crippen LogP contribution in [0, 0.1) is 12.3 Å². The number of hydrogen-bond acceptors (Lipinski definition) is 2. The lowest BCUT2D eigenvalue weighted by Gasteiger charge is -2.24. The van der Waals surface area contributed by atoms with Gasteiger partial charge in [0.25, 0.3) is 0 Å². The Kier molecular flexibility index (Phi) is 4.60. The normalized spacial score (nSPS) is 14.2. The molecule has 86 valence electrons. The van der Waals surface area contributed by atoms with Crippen molar-refractivity contribution in [3.8, 4) is 0 Å². The predicted molar refractivity (Wildman–Crippen MR) is 68.9 cm³/mol. The lowest BCUT2D eigenvalue weighted by Crippen LogP contribution is -2.20. The van der Waals surface area contributed by atoms with Gasteiger partial charge in [0.2, 0.25) is 0 Å². The van der Waals surface area contributed by atoms with Crippen molar-refractivity contribution in [2.24, 2.45) is 5.41 Å². The first-order valence-corrected chi connectivity index (χ1v) is 6.76. The molecule has 1 unspecified atom stereocenters. The Labute approximate surface area is 102 Å². The zero-order valence-electron chi connectivity index (χ0n) is 10.0. The molecule has 0 aliphatic heterocycles. The molecule has 1 nitrogen and oxygen atoms in total. The molecule has 0 saturated carbocycles. The van der Waals surface area contributed by atoms with Crippen LogP contribution in [0.25, 0.3) is 0 Å². The number of hydrogen-bond donors (Lipinski definition) is 0. The van der Waals surface area contributed by atoms with Gasteiger partial charge in [-0.3, -0.25) is 0 Å². The van der Waals surface area contributed by atoms with Gasteiger partial charge in [0.1, 0.15) is 0 Å². The molecule has 1 aromatic heterocycles. The fourth-order valence-corrected chi connectivity index (χ4v) is 2.36. The Morgan fingerprint density at radius 2 is 2.13 bits per heavy atom. The lowest BCUT2D eigenvalue weighted by atomic mass is 9.89. The highest BCUT2D eigenvalue weighted by atomic mass is 35.5. The first kappa shape index (κ1) is 13.0. The minimum Gasteiger partial charge on any atom is -0.247 e. The second kappa shape index (κ2) is 5.31. The van der Waals surface area contributed by atoms with Gasteiger partial charge in [0, 0.05) is 16.5 Å².